The zero-order chi connectivity index (χ0) is 24.0. The maximum atomic E-state index is 13.5. The Bertz CT molecular complexity index is 1440. The summed E-state index contributed by atoms with van der Waals surface area (Å²) in [5.74, 6) is 0.154. The molecule has 1 amide bonds. The van der Waals surface area contributed by atoms with Crippen molar-refractivity contribution in [1.29, 1.82) is 0 Å². The number of rotatable bonds is 4. The van der Waals surface area contributed by atoms with Crippen LogP contribution in [0, 0.1) is 19.3 Å². The molecule has 4 aromatic rings. The minimum absolute atomic E-state index is 0.0670. The molecule has 7 nitrogen and oxygen atoms in total. The molecule has 34 heavy (non-hydrogen) atoms. The lowest BCUT2D eigenvalue weighted by Crippen LogP contribution is -2.30. The van der Waals surface area contributed by atoms with E-state index < -0.39 is 0 Å². The van der Waals surface area contributed by atoms with Crippen LogP contribution in [0.3, 0.4) is 0 Å². The highest BCUT2D eigenvalue weighted by molar-refractivity contribution is 6.12. The Kier molecular flexibility index (Phi) is 5.20. The molecule has 172 valence electrons. The van der Waals surface area contributed by atoms with Crippen LogP contribution in [0.5, 0.6) is 0 Å². The summed E-state index contributed by atoms with van der Waals surface area (Å²) < 4.78 is 1.68. The molecule has 0 unspecified atom stereocenters. The normalized spacial score (nSPS) is 14.6. The molecule has 0 fully saturated rings. The number of fused-ring (bicyclic) bond motifs is 3. The van der Waals surface area contributed by atoms with Gasteiger partial charge in [-0.15, -0.1) is 5.10 Å². The molecule has 0 atom stereocenters. The van der Waals surface area contributed by atoms with Crippen molar-refractivity contribution in [2.45, 2.75) is 40.5 Å². The van der Waals surface area contributed by atoms with Gasteiger partial charge in [-0.3, -0.25) is 9.59 Å². The second-order valence-electron chi connectivity index (χ2n) is 9.68. The Morgan fingerprint density at radius 2 is 1.71 bits per heavy atom. The van der Waals surface area contributed by atoms with Crippen LogP contribution in [-0.2, 0) is 6.42 Å². The first-order chi connectivity index (χ1) is 16.2. The summed E-state index contributed by atoms with van der Waals surface area (Å²) in [4.78, 5) is 31.3. The second kappa shape index (κ2) is 8.09. The molecule has 7 heteroatoms. The Labute approximate surface area is 198 Å². The molecular weight excluding hydrogens is 426 g/mol. The van der Waals surface area contributed by atoms with Crippen molar-refractivity contribution in [2.75, 3.05) is 10.6 Å². The van der Waals surface area contributed by atoms with Crippen LogP contribution in [0.1, 0.15) is 57.9 Å². The highest BCUT2D eigenvalue weighted by Crippen LogP contribution is 2.37. The molecule has 0 spiro atoms. The number of anilines is 3. The smallest absolute Gasteiger partial charge is 0.263 e. The Balaban J connectivity index is 1.72. The number of carbonyl (C=O) groups is 2. The predicted molar refractivity (Wildman–Crippen MR) is 133 cm³/mol. The van der Waals surface area contributed by atoms with E-state index in [0.29, 0.717) is 46.8 Å². The molecule has 0 saturated carbocycles. The van der Waals surface area contributed by atoms with Crippen LogP contribution >= 0.6 is 0 Å². The van der Waals surface area contributed by atoms with Crippen molar-refractivity contribution in [3.8, 4) is 0 Å². The molecule has 0 bridgehead atoms. The number of Topliss-reactive ketones (excluding diaryl/α,β-unsaturated/α-hetero) is 1. The first kappa shape index (κ1) is 21.8. The van der Waals surface area contributed by atoms with E-state index in [4.69, 9.17) is 10.1 Å². The van der Waals surface area contributed by atoms with Gasteiger partial charge in [-0.25, -0.2) is 9.50 Å². The van der Waals surface area contributed by atoms with Crippen LogP contribution in [0.25, 0.3) is 5.65 Å². The van der Waals surface area contributed by atoms with E-state index in [-0.39, 0.29) is 17.1 Å². The molecule has 0 aliphatic heterocycles. The number of nitrogens with one attached hydrogen (secondary N) is 2. The standard InChI is InChI=1S/C27H27N5O2/c1-16-10-8-9-13-19(16)30-24-23(26(34)29-18-11-6-5-7-12-18)25-28-17(2)22-20(32(25)31-24)14-27(3,4)15-21(22)33/h5-13H,14-15H2,1-4H3,(H,29,34)(H,30,31). The fourth-order valence-corrected chi connectivity index (χ4v) is 4.65. The molecule has 2 N–H and O–H groups in total. The van der Waals surface area contributed by atoms with E-state index in [2.05, 4.69) is 24.5 Å². The maximum Gasteiger partial charge on any atom is 0.263 e. The number of hydrogen-bond donors (Lipinski definition) is 2. The molecule has 5 rings (SSSR count). The third-order valence-corrected chi connectivity index (χ3v) is 6.26. The van der Waals surface area contributed by atoms with Gasteiger partial charge in [-0.2, -0.15) is 0 Å². The van der Waals surface area contributed by atoms with Gasteiger partial charge in [0, 0.05) is 17.8 Å². The first-order valence-corrected chi connectivity index (χ1v) is 11.4. The summed E-state index contributed by atoms with van der Waals surface area (Å²) in [6, 6.07) is 17.1. The van der Waals surface area contributed by atoms with Crippen molar-refractivity contribution in [2.24, 2.45) is 5.41 Å². The third kappa shape index (κ3) is 3.83. The van der Waals surface area contributed by atoms with Crippen LogP contribution in [-0.4, -0.2) is 26.3 Å². The van der Waals surface area contributed by atoms with Crippen molar-refractivity contribution in [1.82, 2.24) is 14.6 Å². The minimum Gasteiger partial charge on any atom is -0.338 e. The Morgan fingerprint density at radius 1 is 1.00 bits per heavy atom. The lowest BCUT2D eigenvalue weighted by Gasteiger charge is -2.30. The first-order valence-electron chi connectivity index (χ1n) is 11.4. The number of nitrogens with zero attached hydrogens (tertiary/aromatic N) is 3. The molecule has 2 heterocycles. The average Bonchev–Trinajstić information content (AvgIpc) is 3.13. The molecular formula is C27H27N5O2. The number of carbonyl (C=O) groups excluding carboxylic acids is 2. The van der Waals surface area contributed by atoms with Crippen LogP contribution in [0.15, 0.2) is 54.6 Å². The van der Waals surface area contributed by atoms with E-state index in [1.807, 2.05) is 68.4 Å². The summed E-state index contributed by atoms with van der Waals surface area (Å²) in [6.45, 7) is 7.98. The van der Waals surface area contributed by atoms with Gasteiger partial charge in [0.25, 0.3) is 5.91 Å². The molecule has 0 saturated heterocycles. The van der Waals surface area contributed by atoms with Crippen molar-refractivity contribution in [3.05, 3.63) is 82.7 Å². The highest BCUT2D eigenvalue weighted by atomic mass is 16.1. The van der Waals surface area contributed by atoms with E-state index in [1.165, 1.54) is 0 Å². The SMILES string of the molecule is Cc1ccccc1Nc1nn2c3c(c(C)nc2c1C(=O)Nc1ccccc1)C(=O)CC(C)(C)C3. The van der Waals surface area contributed by atoms with Gasteiger partial charge >= 0.3 is 0 Å². The fourth-order valence-electron chi connectivity index (χ4n) is 4.65. The molecule has 1 aliphatic carbocycles. The largest absolute Gasteiger partial charge is 0.338 e. The van der Waals surface area contributed by atoms with E-state index >= 15 is 0 Å². The number of para-hydroxylation sites is 2. The molecule has 2 aromatic carbocycles. The van der Waals surface area contributed by atoms with Gasteiger partial charge in [0.15, 0.2) is 17.2 Å². The number of benzene rings is 2. The number of ketones is 1. The Morgan fingerprint density at radius 3 is 2.44 bits per heavy atom. The van der Waals surface area contributed by atoms with Crippen LogP contribution < -0.4 is 10.6 Å². The minimum atomic E-state index is -0.314. The topological polar surface area (TPSA) is 88.4 Å². The second-order valence-corrected chi connectivity index (χ2v) is 9.68. The highest BCUT2D eigenvalue weighted by Gasteiger charge is 2.36. The lowest BCUT2D eigenvalue weighted by molar-refractivity contribution is 0.0907. The summed E-state index contributed by atoms with van der Waals surface area (Å²) in [5, 5.41) is 11.1. The number of aromatic nitrogens is 3. The van der Waals surface area contributed by atoms with Gasteiger partial charge in [0.05, 0.1) is 17.0 Å². The van der Waals surface area contributed by atoms with Crippen molar-refractivity contribution >= 4 is 34.5 Å². The molecule has 0 radical (unpaired) electrons. The summed E-state index contributed by atoms with van der Waals surface area (Å²) in [6.07, 6.45) is 1.13. The Hall–Kier alpha value is -4.00. The maximum absolute atomic E-state index is 13.5. The molecule has 1 aliphatic rings. The summed E-state index contributed by atoms with van der Waals surface area (Å²) in [5.41, 5.74) is 5.17. The summed E-state index contributed by atoms with van der Waals surface area (Å²) >= 11 is 0. The van der Waals surface area contributed by atoms with Gasteiger partial charge in [-0.1, -0.05) is 50.2 Å². The lowest BCUT2D eigenvalue weighted by atomic mass is 9.75. The van der Waals surface area contributed by atoms with Gasteiger partial charge < -0.3 is 10.6 Å². The van der Waals surface area contributed by atoms with E-state index in [1.54, 1.807) is 4.52 Å². The monoisotopic (exact) mass is 453 g/mol. The third-order valence-electron chi connectivity index (χ3n) is 6.26. The zero-order valence-corrected chi connectivity index (χ0v) is 19.8. The summed E-state index contributed by atoms with van der Waals surface area (Å²) in [7, 11) is 0. The quantitative estimate of drug-likeness (QED) is 0.426. The number of hydrogen-bond acceptors (Lipinski definition) is 5. The van der Waals surface area contributed by atoms with Gasteiger partial charge in [0.1, 0.15) is 5.56 Å². The number of amides is 1. The van der Waals surface area contributed by atoms with E-state index in [9.17, 15) is 9.59 Å². The number of aryl methyl sites for hydroxylation is 2. The van der Waals surface area contributed by atoms with Crippen LogP contribution in [0.2, 0.25) is 0 Å². The van der Waals surface area contributed by atoms with Crippen molar-refractivity contribution < 1.29 is 9.59 Å². The van der Waals surface area contributed by atoms with Gasteiger partial charge in [0.2, 0.25) is 0 Å². The fraction of sp³-hybridized carbons (Fsp3) is 0.259. The average molecular weight is 454 g/mol. The van der Waals surface area contributed by atoms with E-state index in [0.717, 1.165) is 16.9 Å². The van der Waals surface area contributed by atoms with Crippen molar-refractivity contribution in [3.63, 3.8) is 0 Å². The predicted octanol–water partition coefficient (Wildman–Crippen LogP) is 5.50. The molecule has 2 aromatic heterocycles. The van der Waals surface area contributed by atoms with Crippen LogP contribution in [0.4, 0.5) is 17.2 Å². The van der Waals surface area contributed by atoms with Gasteiger partial charge in [-0.05, 0) is 49.4 Å². The zero-order valence-electron chi connectivity index (χ0n) is 19.8.